The number of thiazole rings is 1. The highest BCUT2D eigenvalue weighted by Crippen LogP contribution is 2.28. The van der Waals surface area contributed by atoms with Crippen LogP contribution >= 0.6 is 22.7 Å². The number of carbonyl (C=O) groups is 1. The van der Waals surface area contributed by atoms with Crippen LogP contribution in [0.25, 0.3) is 9.88 Å². The lowest BCUT2D eigenvalue weighted by Gasteiger charge is -1.84. The van der Waals surface area contributed by atoms with Gasteiger partial charge in [-0.1, -0.05) is 0 Å². The first-order valence-electron chi connectivity index (χ1n) is 3.35. The number of aromatic nitrogens is 1. The second kappa shape index (κ2) is 3.16. The van der Waals surface area contributed by atoms with Crippen molar-refractivity contribution in [3.63, 3.8) is 0 Å². The average Bonchev–Trinajstić information content (AvgIpc) is 2.75. The van der Waals surface area contributed by atoms with Crippen molar-refractivity contribution in [3.05, 3.63) is 28.6 Å². The largest absolute Gasteiger partial charge is 0.297 e. The maximum absolute atomic E-state index is 10.4. The molecule has 0 radical (unpaired) electrons. The predicted molar refractivity (Wildman–Crippen MR) is 50.8 cm³/mol. The van der Waals surface area contributed by atoms with E-state index >= 15 is 0 Å². The Hall–Kier alpha value is -1.00. The first-order chi connectivity index (χ1) is 5.90. The summed E-state index contributed by atoms with van der Waals surface area (Å²) in [4.78, 5) is 16.3. The minimum Gasteiger partial charge on any atom is -0.297 e. The van der Waals surface area contributed by atoms with Gasteiger partial charge in [0.1, 0.15) is 5.01 Å². The third kappa shape index (κ3) is 1.31. The van der Waals surface area contributed by atoms with Crippen LogP contribution in [0.2, 0.25) is 0 Å². The smallest absolute Gasteiger partial charge is 0.160 e. The molecule has 0 amide bonds. The van der Waals surface area contributed by atoms with Gasteiger partial charge in [0, 0.05) is 11.6 Å². The molecule has 0 saturated heterocycles. The lowest BCUT2D eigenvalue weighted by molar-refractivity contribution is 0.112. The van der Waals surface area contributed by atoms with E-state index in [9.17, 15) is 4.79 Å². The van der Waals surface area contributed by atoms with Gasteiger partial charge in [-0.3, -0.25) is 4.79 Å². The maximum atomic E-state index is 10.4. The molecule has 0 aliphatic rings. The topological polar surface area (TPSA) is 30.0 Å². The summed E-state index contributed by atoms with van der Waals surface area (Å²) in [5.41, 5.74) is 0. The van der Waals surface area contributed by atoms with Crippen LogP contribution in [-0.2, 0) is 0 Å². The van der Waals surface area contributed by atoms with E-state index in [4.69, 9.17) is 0 Å². The molecule has 2 aromatic rings. The molecule has 0 aromatic carbocycles. The molecular weight excluding hydrogens is 190 g/mol. The molecule has 2 nitrogen and oxygen atoms in total. The van der Waals surface area contributed by atoms with E-state index < -0.39 is 0 Å². The van der Waals surface area contributed by atoms with Crippen LogP contribution in [0, 0.1) is 0 Å². The van der Waals surface area contributed by atoms with Gasteiger partial charge in [0.25, 0.3) is 0 Å². The van der Waals surface area contributed by atoms with E-state index in [0.29, 0.717) is 0 Å². The summed E-state index contributed by atoms with van der Waals surface area (Å²) < 4.78 is 0. The lowest BCUT2D eigenvalue weighted by atomic mass is 10.4. The van der Waals surface area contributed by atoms with Crippen LogP contribution < -0.4 is 0 Å². The Morgan fingerprint density at radius 3 is 2.92 bits per heavy atom. The fourth-order valence-corrected chi connectivity index (χ4v) is 2.42. The molecule has 0 fully saturated rings. The summed E-state index contributed by atoms with van der Waals surface area (Å²) in [6.45, 7) is 0. The van der Waals surface area contributed by atoms with Gasteiger partial charge in [0.15, 0.2) is 6.29 Å². The highest BCUT2D eigenvalue weighted by Gasteiger charge is 2.03. The van der Waals surface area contributed by atoms with Crippen molar-refractivity contribution in [1.29, 1.82) is 0 Å². The third-order valence-electron chi connectivity index (χ3n) is 1.39. The summed E-state index contributed by atoms with van der Waals surface area (Å²) >= 11 is 3.05. The van der Waals surface area contributed by atoms with Gasteiger partial charge in [0.05, 0.1) is 9.75 Å². The average molecular weight is 195 g/mol. The van der Waals surface area contributed by atoms with Crippen LogP contribution in [0.15, 0.2) is 23.7 Å². The van der Waals surface area contributed by atoms with Crippen molar-refractivity contribution in [2.75, 3.05) is 0 Å². The van der Waals surface area contributed by atoms with E-state index in [1.54, 1.807) is 17.5 Å². The van der Waals surface area contributed by atoms with Crippen LogP contribution in [-0.4, -0.2) is 11.3 Å². The Labute approximate surface area is 77.5 Å². The molecule has 12 heavy (non-hydrogen) atoms. The second-order valence-electron chi connectivity index (χ2n) is 2.16. The molecule has 2 heterocycles. The molecule has 0 aliphatic heterocycles. The van der Waals surface area contributed by atoms with Crippen LogP contribution in [0.5, 0.6) is 0 Å². The zero-order chi connectivity index (χ0) is 8.39. The molecule has 0 atom stereocenters. The molecule has 0 saturated carbocycles. The quantitative estimate of drug-likeness (QED) is 0.689. The van der Waals surface area contributed by atoms with Gasteiger partial charge in [-0.25, -0.2) is 4.98 Å². The summed E-state index contributed by atoms with van der Waals surface area (Å²) in [5.74, 6) is 0. The standard InChI is InChI=1S/C8H5NOS2/c10-5-6-1-2-7(12-6)8-9-3-4-11-8/h1-5H. The number of nitrogens with zero attached hydrogens (tertiary/aromatic N) is 1. The van der Waals surface area contributed by atoms with Crippen LogP contribution in [0.3, 0.4) is 0 Å². The van der Waals surface area contributed by atoms with Gasteiger partial charge < -0.3 is 0 Å². The van der Waals surface area contributed by atoms with E-state index in [-0.39, 0.29) is 0 Å². The van der Waals surface area contributed by atoms with E-state index in [1.165, 1.54) is 11.3 Å². The second-order valence-corrected chi connectivity index (χ2v) is 4.17. The Balaban J connectivity index is 2.41. The first kappa shape index (κ1) is 7.64. The van der Waals surface area contributed by atoms with Gasteiger partial charge in [-0.05, 0) is 12.1 Å². The minimum absolute atomic E-state index is 0.750. The molecule has 2 aromatic heterocycles. The van der Waals surface area contributed by atoms with Crippen molar-refractivity contribution in [2.45, 2.75) is 0 Å². The monoisotopic (exact) mass is 195 g/mol. The molecule has 0 N–H and O–H groups in total. The highest BCUT2D eigenvalue weighted by atomic mass is 32.1. The molecule has 4 heteroatoms. The van der Waals surface area contributed by atoms with Crippen molar-refractivity contribution in [3.8, 4) is 9.88 Å². The minimum atomic E-state index is 0.750. The van der Waals surface area contributed by atoms with Crippen LogP contribution in [0.4, 0.5) is 0 Å². The van der Waals surface area contributed by atoms with Gasteiger partial charge in [-0.2, -0.15) is 0 Å². The number of hydrogen-bond donors (Lipinski definition) is 0. The SMILES string of the molecule is O=Cc1ccc(-c2nccs2)s1. The normalized spacial score (nSPS) is 10.0. The maximum Gasteiger partial charge on any atom is 0.160 e. The zero-order valence-corrected chi connectivity index (χ0v) is 7.69. The number of carbonyl (C=O) groups excluding carboxylic acids is 1. The van der Waals surface area contributed by atoms with Gasteiger partial charge in [-0.15, -0.1) is 22.7 Å². The van der Waals surface area contributed by atoms with Crippen molar-refractivity contribution in [1.82, 2.24) is 4.98 Å². The van der Waals surface area contributed by atoms with Gasteiger partial charge >= 0.3 is 0 Å². The number of thiophene rings is 1. The summed E-state index contributed by atoms with van der Waals surface area (Å²) in [6, 6.07) is 3.74. The van der Waals surface area contributed by atoms with E-state index in [0.717, 1.165) is 21.0 Å². The van der Waals surface area contributed by atoms with E-state index in [2.05, 4.69) is 4.98 Å². The fourth-order valence-electron chi connectivity index (χ4n) is 0.876. The molecular formula is C8H5NOS2. The zero-order valence-electron chi connectivity index (χ0n) is 6.06. The van der Waals surface area contributed by atoms with E-state index in [1.807, 2.05) is 17.5 Å². The summed E-state index contributed by atoms with van der Waals surface area (Å²) in [6.07, 6.45) is 2.63. The lowest BCUT2D eigenvalue weighted by Crippen LogP contribution is -1.64. The molecule has 60 valence electrons. The number of hydrogen-bond acceptors (Lipinski definition) is 4. The van der Waals surface area contributed by atoms with Gasteiger partial charge in [0.2, 0.25) is 0 Å². The summed E-state index contributed by atoms with van der Waals surface area (Å²) in [7, 11) is 0. The van der Waals surface area contributed by atoms with Crippen LogP contribution in [0.1, 0.15) is 9.67 Å². The third-order valence-corrected chi connectivity index (χ3v) is 3.34. The Morgan fingerprint density at radius 2 is 2.33 bits per heavy atom. The number of aldehydes is 1. The Morgan fingerprint density at radius 1 is 1.42 bits per heavy atom. The summed E-state index contributed by atoms with van der Waals surface area (Å²) in [5, 5.41) is 2.91. The highest BCUT2D eigenvalue weighted by molar-refractivity contribution is 7.21. The van der Waals surface area contributed by atoms with Crippen molar-refractivity contribution >= 4 is 29.0 Å². The predicted octanol–water partition coefficient (Wildman–Crippen LogP) is 2.68. The molecule has 0 aliphatic carbocycles. The molecule has 0 spiro atoms. The fraction of sp³-hybridized carbons (Fsp3) is 0. The molecule has 0 unspecified atom stereocenters. The molecule has 2 rings (SSSR count). The van der Waals surface area contributed by atoms with Crippen molar-refractivity contribution < 1.29 is 4.79 Å². The number of rotatable bonds is 2. The first-order valence-corrected chi connectivity index (χ1v) is 5.04. The Kier molecular flexibility index (Phi) is 2.01. The van der Waals surface area contributed by atoms with Crippen molar-refractivity contribution in [2.24, 2.45) is 0 Å². The Bertz CT molecular complexity index is 377. The molecule has 0 bridgehead atoms.